The van der Waals surface area contributed by atoms with Gasteiger partial charge >= 0.3 is 6.03 Å². The number of carbonyl (C=O) groups excluding carboxylic acids is 1. The molecule has 0 saturated carbocycles. The molecule has 3 rings (SSSR count). The molecular formula is C19H29N3O4. The standard InChI is InChI=1S/C19H29N3O4/c1-24-16-4-6-17(7-5-16)26-14-8-20-19(23)22-11-9-21(10-12-22)15-18-3-2-13-25-18/h4-7,18H,2-3,8-15H2,1H3,(H,20,23). The highest BCUT2D eigenvalue weighted by Gasteiger charge is 2.24. The molecule has 0 aromatic heterocycles. The van der Waals surface area contributed by atoms with Gasteiger partial charge in [0.15, 0.2) is 0 Å². The first-order valence-corrected chi connectivity index (χ1v) is 9.38. The van der Waals surface area contributed by atoms with Crippen molar-refractivity contribution in [1.29, 1.82) is 0 Å². The van der Waals surface area contributed by atoms with Crippen LogP contribution in [-0.4, -0.2) is 81.5 Å². The molecular weight excluding hydrogens is 334 g/mol. The molecule has 2 aliphatic heterocycles. The fourth-order valence-corrected chi connectivity index (χ4v) is 3.32. The molecule has 7 nitrogen and oxygen atoms in total. The quantitative estimate of drug-likeness (QED) is 0.745. The lowest BCUT2D eigenvalue weighted by atomic mass is 10.2. The maximum Gasteiger partial charge on any atom is 0.317 e. The number of rotatable bonds is 7. The summed E-state index contributed by atoms with van der Waals surface area (Å²) in [4.78, 5) is 16.5. The third-order valence-electron chi connectivity index (χ3n) is 4.85. The number of ether oxygens (including phenoxy) is 3. The average molecular weight is 363 g/mol. The topological polar surface area (TPSA) is 63.3 Å². The summed E-state index contributed by atoms with van der Waals surface area (Å²) < 4.78 is 16.4. The van der Waals surface area contributed by atoms with Crippen molar-refractivity contribution in [1.82, 2.24) is 15.1 Å². The Bertz CT molecular complexity index is 552. The van der Waals surface area contributed by atoms with Gasteiger partial charge in [0.25, 0.3) is 0 Å². The predicted octanol–water partition coefficient (Wildman–Crippen LogP) is 1.58. The molecule has 2 fully saturated rings. The zero-order valence-corrected chi connectivity index (χ0v) is 15.5. The van der Waals surface area contributed by atoms with E-state index in [9.17, 15) is 4.79 Å². The molecule has 2 saturated heterocycles. The molecule has 2 heterocycles. The Morgan fingerprint density at radius 1 is 1.19 bits per heavy atom. The summed E-state index contributed by atoms with van der Waals surface area (Å²) >= 11 is 0. The molecule has 1 aromatic rings. The second-order valence-electron chi connectivity index (χ2n) is 6.68. The van der Waals surface area contributed by atoms with Crippen molar-refractivity contribution >= 4 is 6.03 Å². The van der Waals surface area contributed by atoms with Crippen molar-refractivity contribution in [3.63, 3.8) is 0 Å². The Balaban J connectivity index is 1.29. The van der Waals surface area contributed by atoms with Gasteiger partial charge in [-0.05, 0) is 37.1 Å². The summed E-state index contributed by atoms with van der Waals surface area (Å²) in [7, 11) is 1.63. The van der Waals surface area contributed by atoms with Gasteiger partial charge in [-0.1, -0.05) is 0 Å². The van der Waals surface area contributed by atoms with Crippen molar-refractivity contribution in [3.8, 4) is 11.5 Å². The monoisotopic (exact) mass is 363 g/mol. The molecule has 26 heavy (non-hydrogen) atoms. The molecule has 1 unspecified atom stereocenters. The molecule has 0 radical (unpaired) electrons. The Kier molecular flexibility index (Phi) is 6.96. The third kappa shape index (κ3) is 5.51. The first-order chi connectivity index (χ1) is 12.7. The maximum atomic E-state index is 12.2. The van der Waals surface area contributed by atoms with E-state index in [0.717, 1.165) is 57.3 Å². The van der Waals surface area contributed by atoms with Crippen molar-refractivity contribution in [2.75, 3.05) is 59.6 Å². The van der Waals surface area contributed by atoms with Gasteiger partial charge in [0.05, 0.1) is 19.8 Å². The summed E-state index contributed by atoms with van der Waals surface area (Å²) in [5.74, 6) is 1.56. The minimum absolute atomic E-state index is 0.0138. The van der Waals surface area contributed by atoms with Crippen LogP contribution in [0.25, 0.3) is 0 Å². The molecule has 1 atom stereocenters. The van der Waals surface area contributed by atoms with Crippen molar-refractivity contribution in [2.45, 2.75) is 18.9 Å². The molecule has 7 heteroatoms. The number of methoxy groups -OCH3 is 1. The van der Waals surface area contributed by atoms with Gasteiger partial charge in [0.1, 0.15) is 18.1 Å². The Morgan fingerprint density at radius 3 is 2.58 bits per heavy atom. The molecule has 0 aliphatic carbocycles. The fraction of sp³-hybridized carbons (Fsp3) is 0.632. The minimum atomic E-state index is -0.0138. The fourth-order valence-electron chi connectivity index (χ4n) is 3.32. The normalized spacial score (nSPS) is 20.8. The summed E-state index contributed by atoms with van der Waals surface area (Å²) in [6.45, 7) is 6.16. The predicted molar refractivity (Wildman–Crippen MR) is 98.9 cm³/mol. The van der Waals surface area contributed by atoms with E-state index in [-0.39, 0.29) is 6.03 Å². The number of benzene rings is 1. The molecule has 2 aliphatic rings. The van der Waals surface area contributed by atoms with Crippen LogP contribution >= 0.6 is 0 Å². The van der Waals surface area contributed by atoms with Crippen molar-refractivity contribution in [2.24, 2.45) is 0 Å². The van der Waals surface area contributed by atoms with Gasteiger partial charge in [0, 0.05) is 39.3 Å². The summed E-state index contributed by atoms with van der Waals surface area (Å²) in [6, 6.07) is 7.40. The number of hydrogen-bond donors (Lipinski definition) is 1. The number of nitrogens with one attached hydrogen (secondary N) is 1. The average Bonchev–Trinajstić information content (AvgIpc) is 3.19. The van der Waals surface area contributed by atoms with Crippen LogP contribution in [0.3, 0.4) is 0 Å². The molecule has 2 amide bonds. The number of hydrogen-bond acceptors (Lipinski definition) is 5. The van der Waals surface area contributed by atoms with E-state index >= 15 is 0 Å². The smallest absolute Gasteiger partial charge is 0.317 e. The molecule has 0 spiro atoms. The number of carbonyl (C=O) groups is 1. The molecule has 0 bridgehead atoms. The van der Waals surface area contributed by atoms with E-state index in [2.05, 4.69) is 10.2 Å². The lowest BCUT2D eigenvalue weighted by Crippen LogP contribution is -2.53. The van der Waals surface area contributed by atoms with E-state index in [0.29, 0.717) is 19.3 Å². The Hall–Kier alpha value is -1.99. The van der Waals surface area contributed by atoms with Crippen LogP contribution < -0.4 is 14.8 Å². The lowest BCUT2D eigenvalue weighted by Gasteiger charge is -2.35. The summed E-state index contributed by atoms with van der Waals surface area (Å²) in [6.07, 6.45) is 2.71. The first-order valence-electron chi connectivity index (χ1n) is 9.38. The second-order valence-corrected chi connectivity index (χ2v) is 6.68. The van der Waals surface area contributed by atoms with E-state index in [1.54, 1.807) is 7.11 Å². The van der Waals surface area contributed by atoms with Crippen molar-refractivity contribution in [3.05, 3.63) is 24.3 Å². The highest BCUT2D eigenvalue weighted by molar-refractivity contribution is 5.74. The number of amides is 2. The van der Waals surface area contributed by atoms with E-state index in [1.165, 1.54) is 6.42 Å². The van der Waals surface area contributed by atoms with Crippen LogP contribution in [0, 0.1) is 0 Å². The van der Waals surface area contributed by atoms with Gasteiger partial charge in [-0.25, -0.2) is 4.79 Å². The zero-order chi connectivity index (χ0) is 18.2. The molecule has 144 valence electrons. The van der Waals surface area contributed by atoms with Crippen LogP contribution in [0.1, 0.15) is 12.8 Å². The van der Waals surface area contributed by atoms with E-state index < -0.39 is 0 Å². The summed E-state index contributed by atoms with van der Waals surface area (Å²) in [5, 5.41) is 2.93. The summed E-state index contributed by atoms with van der Waals surface area (Å²) in [5.41, 5.74) is 0. The van der Waals surface area contributed by atoms with Gasteiger partial charge in [0.2, 0.25) is 0 Å². The van der Waals surface area contributed by atoms with Crippen LogP contribution in [-0.2, 0) is 4.74 Å². The van der Waals surface area contributed by atoms with Crippen LogP contribution in [0.5, 0.6) is 11.5 Å². The molecule has 1 N–H and O–H groups in total. The Morgan fingerprint density at radius 2 is 1.92 bits per heavy atom. The van der Waals surface area contributed by atoms with Gasteiger partial charge in [-0.15, -0.1) is 0 Å². The highest BCUT2D eigenvalue weighted by atomic mass is 16.5. The maximum absolute atomic E-state index is 12.2. The largest absolute Gasteiger partial charge is 0.497 e. The van der Waals surface area contributed by atoms with E-state index in [1.807, 2.05) is 29.2 Å². The second kappa shape index (κ2) is 9.64. The number of urea groups is 1. The number of nitrogens with zero attached hydrogens (tertiary/aromatic N) is 2. The molecule has 1 aromatic carbocycles. The Labute approximate surface area is 155 Å². The lowest BCUT2D eigenvalue weighted by molar-refractivity contribution is 0.0560. The van der Waals surface area contributed by atoms with Crippen LogP contribution in [0.15, 0.2) is 24.3 Å². The van der Waals surface area contributed by atoms with Crippen molar-refractivity contribution < 1.29 is 19.0 Å². The third-order valence-corrected chi connectivity index (χ3v) is 4.85. The van der Waals surface area contributed by atoms with E-state index in [4.69, 9.17) is 14.2 Å². The SMILES string of the molecule is COc1ccc(OCCNC(=O)N2CCN(CC3CCCO3)CC2)cc1. The zero-order valence-electron chi connectivity index (χ0n) is 15.5. The number of piperazine rings is 1. The van der Waals surface area contributed by atoms with Gasteiger partial charge in [-0.2, -0.15) is 0 Å². The first kappa shape index (κ1) is 18.8. The minimum Gasteiger partial charge on any atom is -0.497 e. The van der Waals surface area contributed by atoms with Gasteiger partial charge in [-0.3, -0.25) is 4.90 Å². The van der Waals surface area contributed by atoms with Crippen LogP contribution in [0.4, 0.5) is 4.79 Å². The van der Waals surface area contributed by atoms with Gasteiger partial charge < -0.3 is 24.4 Å². The van der Waals surface area contributed by atoms with Crippen LogP contribution in [0.2, 0.25) is 0 Å². The highest BCUT2D eigenvalue weighted by Crippen LogP contribution is 2.17.